The summed E-state index contributed by atoms with van der Waals surface area (Å²) in [5, 5.41) is 5.44. The lowest BCUT2D eigenvalue weighted by Gasteiger charge is -2.21. The Bertz CT molecular complexity index is 899. The number of hydrogen-bond acceptors (Lipinski definition) is 5. The molecular weight excluding hydrogens is 384 g/mol. The Kier molecular flexibility index (Phi) is 6.81. The van der Waals surface area contributed by atoms with E-state index in [4.69, 9.17) is 10.5 Å². The standard InChI is InChI=1S/C22H26N4O4/c1-26(2)22(29)17(12-14-6-4-3-5-7-14)25-21(28)19-18(30-19)20(27)24-16-10-8-15(13-23)9-11-16/h3-11,17-19H,12-13,23H2,1-2H3,(H,24,27)(H,25,28)/t17-,18?,19?/m0/s1. The summed E-state index contributed by atoms with van der Waals surface area (Å²) in [6.07, 6.45) is -1.45. The number of hydrogen-bond donors (Lipinski definition) is 3. The fourth-order valence-electron chi connectivity index (χ4n) is 3.06. The van der Waals surface area contributed by atoms with E-state index in [-0.39, 0.29) is 5.91 Å². The smallest absolute Gasteiger partial charge is 0.256 e. The summed E-state index contributed by atoms with van der Waals surface area (Å²) in [6, 6.07) is 15.8. The lowest BCUT2D eigenvalue weighted by Crippen LogP contribution is -2.49. The van der Waals surface area contributed by atoms with Gasteiger partial charge in [-0.15, -0.1) is 0 Å². The molecule has 0 radical (unpaired) electrons. The molecule has 3 amide bonds. The summed E-state index contributed by atoms with van der Waals surface area (Å²) in [5.74, 6) is -1.12. The number of carbonyl (C=O) groups excluding carboxylic acids is 3. The number of anilines is 1. The van der Waals surface area contributed by atoms with Crippen LogP contribution in [-0.2, 0) is 32.1 Å². The van der Waals surface area contributed by atoms with Crippen LogP contribution in [0, 0.1) is 0 Å². The third-order valence-corrected chi connectivity index (χ3v) is 4.80. The molecule has 1 fully saturated rings. The van der Waals surface area contributed by atoms with Gasteiger partial charge in [-0.1, -0.05) is 42.5 Å². The van der Waals surface area contributed by atoms with E-state index in [1.54, 1.807) is 26.2 Å². The molecule has 8 nitrogen and oxygen atoms in total. The molecule has 0 aromatic heterocycles. The Balaban J connectivity index is 1.58. The Morgan fingerprint density at radius 1 is 0.967 bits per heavy atom. The van der Waals surface area contributed by atoms with Gasteiger partial charge in [0.1, 0.15) is 6.04 Å². The van der Waals surface area contributed by atoms with Crippen LogP contribution in [0.5, 0.6) is 0 Å². The minimum atomic E-state index is -0.915. The molecule has 0 saturated carbocycles. The maximum atomic E-state index is 12.6. The van der Waals surface area contributed by atoms with Crippen LogP contribution in [0.1, 0.15) is 11.1 Å². The van der Waals surface area contributed by atoms with E-state index in [0.29, 0.717) is 18.7 Å². The van der Waals surface area contributed by atoms with Gasteiger partial charge in [0.25, 0.3) is 11.8 Å². The number of ether oxygens (including phenoxy) is 1. The van der Waals surface area contributed by atoms with Crippen molar-refractivity contribution >= 4 is 23.4 Å². The first-order chi connectivity index (χ1) is 14.4. The van der Waals surface area contributed by atoms with Crippen LogP contribution in [-0.4, -0.2) is 55.0 Å². The van der Waals surface area contributed by atoms with Crippen LogP contribution in [0.15, 0.2) is 54.6 Å². The molecule has 3 atom stereocenters. The van der Waals surface area contributed by atoms with E-state index in [9.17, 15) is 14.4 Å². The number of benzene rings is 2. The summed E-state index contributed by atoms with van der Waals surface area (Å²) < 4.78 is 5.28. The van der Waals surface area contributed by atoms with Gasteiger partial charge < -0.3 is 26.0 Å². The van der Waals surface area contributed by atoms with Crippen molar-refractivity contribution in [3.63, 3.8) is 0 Å². The molecule has 0 bridgehead atoms. The Hall–Kier alpha value is -3.23. The fourth-order valence-corrected chi connectivity index (χ4v) is 3.06. The molecule has 4 N–H and O–H groups in total. The van der Waals surface area contributed by atoms with Gasteiger partial charge in [-0.2, -0.15) is 0 Å². The Labute approximate surface area is 175 Å². The highest BCUT2D eigenvalue weighted by molar-refractivity contribution is 6.02. The lowest BCUT2D eigenvalue weighted by atomic mass is 10.0. The largest absolute Gasteiger partial charge is 0.349 e. The van der Waals surface area contributed by atoms with Gasteiger partial charge >= 0.3 is 0 Å². The second-order valence-electron chi connectivity index (χ2n) is 7.35. The molecule has 3 rings (SSSR count). The van der Waals surface area contributed by atoms with E-state index in [1.807, 2.05) is 42.5 Å². The van der Waals surface area contributed by atoms with Crippen molar-refractivity contribution in [2.24, 2.45) is 5.73 Å². The summed E-state index contributed by atoms with van der Waals surface area (Å²) >= 11 is 0. The fraction of sp³-hybridized carbons (Fsp3) is 0.318. The molecule has 158 valence electrons. The van der Waals surface area contributed by atoms with E-state index >= 15 is 0 Å². The van der Waals surface area contributed by atoms with Crippen molar-refractivity contribution in [3.05, 3.63) is 65.7 Å². The SMILES string of the molecule is CN(C)C(=O)[C@H](Cc1ccccc1)NC(=O)C1OC1C(=O)Nc1ccc(CN)cc1. The van der Waals surface area contributed by atoms with Crippen molar-refractivity contribution in [2.45, 2.75) is 31.2 Å². The highest BCUT2D eigenvalue weighted by atomic mass is 16.6. The highest BCUT2D eigenvalue weighted by Gasteiger charge is 2.51. The Morgan fingerprint density at radius 2 is 1.60 bits per heavy atom. The molecule has 1 aliphatic heterocycles. The zero-order chi connectivity index (χ0) is 21.7. The molecule has 2 unspecified atom stereocenters. The summed E-state index contributed by atoms with van der Waals surface area (Å²) in [4.78, 5) is 38.9. The van der Waals surface area contributed by atoms with Gasteiger partial charge in [0.05, 0.1) is 0 Å². The van der Waals surface area contributed by atoms with Gasteiger partial charge in [0.15, 0.2) is 12.2 Å². The molecule has 0 aliphatic carbocycles. The van der Waals surface area contributed by atoms with Crippen LogP contribution in [0.25, 0.3) is 0 Å². The number of epoxide rings is 1. The second-order valence-corrected chi connectivity index (χ2v) is 7.35. The topological polar surface area (TPSA) is 117 Å². The van der Waals surface area contributed by atoms with Crippen molar-refractivity contribution in [2.75, 3.05) is 19.4 Å². The number of nitrogens with one attached hydrogen (secondary N) is 2. The lowest BCUT2D eigenvalue weighted by molar-refractivity contribution is -0.134. The minimum Gasteiger partial charge on any atom is -0.349 e. The number of amides is 3. The molecule has 2 aromatic carbocycles. The number of likely N-dealkylation sites (N-methyl/N-ethyl adjacent to an activating group) is 1. The monoisotopic (exact) mass is 410 g/mol. The van der Waals surface area contributed by atoms with Gasteiger partial charge in [0.2, 0.25) is 5.91 Å². The normalized spacial score (nSPS) is 18.2. The summed E-state index contributed by atoms with van der Waals surface area (Å²) in [6.45, 7) is 0.415. The zero-order valence-corrected chi connectivity index (χ0v) is 17.0. The molecule has 1 heterocycles. The van der Waals surface area contributed by atoms with Crippen molar-refractivity contribution < 1.29 is 19.1 Å². The molecule has 30 heavy (non-hydrogen) atoms. The maximum absolute atomic E-state index is 12.6. The van der Waals surface area contributed by atoms with Crippen LogP contribution >= 0.6 is 0 Å². The number of nitrogens with zero attached hydrogens (tertiary/aromatic N) is 1. The highest BCUT2D eigenvalue weighted by Crippen LogP contribution is 2.24. The molecule has 8 heteroatoms. The first kappa shape index (κ1) is 21.5. The van der Waals surface area contributed by atoms with Crippen LogP contribution in [0.3, 0.4) is 0 Å². The van der Waals surface area contributed by atoms with Gasteiger partial charge in [-0.05, 0) is 23.3 Å². The number of carbonyl (C=O) groups is 3. The maximum Gasteiger partial charge on any atom is 0.256 e. The van der Waals surface area contributed by atoms with Gasteiger partial charge in [-0.3, -0.25) is 14.4 Å². The van der Waals surface area contributed by atoms with Crippen molar-refractivity contribution in [1.29, 1.82) is 0 Å². The van der Waals surface area contributed by atoms with Crippen LogP contribution < -0.4 is 16.4 Å². The quantitative estimate of drug-likeness (QED) is 0.553. The van der Waals surface area contributed by atoms with Crippen molar-refractivity contribution in [1.82, 2.24) is 10.2 Å². The van der Waals surface area contributed by atoms with E-state index in [1.165, 1.54) is 4.90 Å². The third-order valence-electron chi connectivity index (χ3n) is 4.80. The second kappa shape index (κ2) is 9.51. The van der Waals surface area contributed by atoms with Crippen LogP contribution in [0.2, 0.25) is 0 Å². The third kappa shape index (κ3) is 5.43. The zero-order valence-electron chi connectivity index (χ0n) is 17.0. The molecule has 2 aromatic rings. The average Bonchev–Trinajstić information content (AvgIpc) is 3.55. The molecular formula is C22H26N4O4. The van der Waals surface area contributed by atoms with E-state index in [0.717, 1.165) is 11.1 Å². The van der Waals surface area contributed by atoms with E-state index < -0.39 is 30.1 Å². The van der Waals surface area contributed by atoms with E-state index in [2.05, 4.69) is 10.6 Å². The predicted molar refractivity (Wildman–Crippen MR) is 112 cm³/mol. The minimum absolute atomic E-state index is 0.228. The first-order valence-corrected chi connectivity index (χ1v) is 9.70. The molecule has 1 aliphatic rings. The first-order valence-electron chi connectivity index (χ1n) is 9.70. The van der Waals surface area contributed by atoms with Gasteiger partial charge in [0, 0.05) is 32.7 Å². The summed E-state index contributed by atoms with van der Waals surface area (Å²) in [5.41, 5.74) is 8.02. The number of rotatable bonds is 8. The van der Waals surface area contributed by atoms with Gasteiger partial charge in [-0.25, -0.2) is 0 Å². The molecule has 1 saturated heterocycles. The average molecular weight is 410 g/mol. The Morgan fingerprint density at radius 3 is 2.20 bits per heavy atom. The van der Waals surface area contributed by atoms with Crippen molar-refractivity contribution in [3.8, 4) is 0 Å². The van der Waals surface area contributed by atoms with Crippen LogP contribution in [0.4, 0.5) is 5.69 Å². The predicted octanol–water partition coefficient (Wildman–Crippen LogP) is 0.667. The summed E-state index contributed by atoms with van der Waals surface area (Å²) in [7, 11) is 3.26. The molecule has 0 spiro atoms. The number of nitrogens with two attached hydrogens (primary N) is 1.